The molecule has 6 bridgehead atoms. The summed E-state index contributed by atoms with van der Waals surface area (Å²) in [6.07, 6.45) is 12.6. The van der Waals surface area contributed by atoms with Crippen LogP contribution in [0.4, 0.5) is 0 Å². The largest absolute Gasteiger partial charge is 0.460 e. The number of rotatable bonds is 2. The summed E-state index contributed by atoms with van der Waals surface area (Å²) >= 11 is 0. The van der Waals surface area contributed by atoms with Gasteiger partial charge in [-0.15, -0.1) is 0 Å². The highest BCUT2D eigenvalue weighted by Gasteiger charge is 2.56. The Balaban J connectivity index is 1.33. The van der Waals surface area contributed by atoms with Crippen molar-refractivity contribution in [1.82, 2.24) is 4.90 Å². The fourth-order valence-electron chi connectivity index (χ4n) is 7.15. The molecule has 3 nitrogen and oxygen atoms in total. The normalized spacial score (nSPS) is 53.0. The van der Waals surface area contributed by atoms with Crippen LogP contribution in [0.1, 0.15) is 64.2 Å². The van der Waals surface area contributed by atoms with Crippen LogP contribution < -0.4 is 0 Å². The smallest absolute Gasteiger partial charge is 0.312 e. The van der Waals surface area contributed by atoms with Crippen LogP contribution in [0, 0.1) is 23.2 Å². The minimum absolute atomic E-state index is 0.0806. The number of ether oxygens (including phenoxy) is 1. The summed E-state index contributed by atoms with van der Waals surface area (Å²) < 4.78 is 6.20. The van der Waals surface area contributed by atoms with Gasteiger partial charge in [-0.1, -0.05) is 0 Å². The Morgan fingerprint density at radius 3 is 2.18 bits per heavy atom. The van der Waals surface area contributed by atoms with E-state index < -0.39 is 0 Å². The molecule has 0 amide bonds. The van der Waals surface area contributed by atoms with E-state index in [4.69, 9.17) is 4.74 Å². The van der Waals surface area contributed by atoms with Crippen molar-refractivity contribution in [3.63, 3.8) is 0 Å². The molecule has 0 aromatic rings. The third-order valence-corrected chi connectivity index (χ3v) is 7.84. The van der Waals surface area contributed by atoms with E-state index in [0.717, 1.165) is 49.5 Å². The molecule has 0 radical (unpaired) electrons. The summed E-state index contributed by atoms with van der Waals surface area (Å²) in [7, 11) is 2.23. The van der Waals surface area contributed by atoms with Crippen molar-refractivity contribution in [1.29, 1.82) is 0 Å². The topological polar surface area (TPSA) is 29.5 Å². The highest BCUT2D eigenvalue weighted by Crippen LogP contribution is 2.60. The first-order valence-electron chi connectivity index (χ1n) is 9.56. The van der Waals surface area contributed by atoms with Crippen LogP contribution in [0.5, 0.6) is 0 Å². The number of fused-ring (bicyclic) bond motifs is 2. The number of hydrogen-bond donors (Lipinski definition) is 0. The van der Waals surface area contributed by atoms with Crippen LogP contribution in [0.2, 0.25) is 0 Å². The summed E-state index contributed by atoms with van der Waals surface area (Å²) in [4.78, 5) is 15.6. The average molecular weight is 303 g/mol. The van der Waals surface area contributed by atoms with Crippen LogP contribution in [0.25, 0.3) is 0 Å². The lowest BCUT2D eigenvalue weighted by Crippen LogP contribution is -2.53. The van der Waals surface area contributed by atoms with E-state index in [-0.39, 0.29) is 17.5 Å². The molecule has 122 valence electrons. The molecular formula is C19H29NO2. The third kappa shape index (κ3) is 1.93. The van der Waals surface area contributed by atoms with Crippen LogP contribution in [-0.4, -0.2) is 36.1 Å². The van der Waals surface area contributed by atoms with E-state index in [1.807, 2.05) is 0 Å². The first-order valence-corrected chi connectivity index (χ1v) is 9.56. The fraction of sp³-hybridized carbons (Fsp3) is 0.947. The molecule has 3 atom stereocenters. The maximum absolute atomic E-state index is 13.1. The number of piperidine rings is 1. The number of carbonyl (C=O) groups excluding carboxylic acids is 1. The van der Waals surface area contributed by atoms with Crippen molar-refractivity contribution in [2.45, 2.75) is 82.4 Å². The van der Waals surface area contributed by atoms with Gasteiger partial charge in [-0.3, -0.25) is 9.69 Å². The highest BCUT2D eigenvalue weighted by atomic mass is 16.5. The molecular weight excluding hydrogens is 274 g/mol. The molecule has 0 aromatic carbocycles. The van der Waals surface area contributed by atoms with Gasteiger partial charge >= 0.3 is 5.97 Å². The van der Waals surface area contributed by atoms with Crippen molar-refractivity contribution in [3.05, 3.63) is 0 Å². The zero-order valence-electron chi connectivity index (χ0n) is 13.8. The van der Waals surface area contributed by atoms with Gasteiger partial charge in [-0.2, -0.15) is 0 Å². The van der Waals surface area contributed by atoms with Crippen molar-refractivity contribution in [2.75, 3.05) is 7.05 Å². The number of nitrogens with zero attached hydrogens (tertiary/aromatic N) is 1. The molecule has 3 heteroatoms. The number of esters is 1. The number of likely N-dealkylation sites (N-methyl/N-ethyl adjacent to an activating group) is 1. The van der Waals surface area contributed by atoms with Gasteiger partial charge < -0.3 is 4.74 Å². The molecule has 0 N–H and O–H groups in total. The Bertz CT molecular complexity index is 453. The van der Waals surface area contributed by atoms with Gasteiger partial charge in [0, 0.05) is 12.1 Å². The summed E-state index contributed by atoms with van der Waals surface area (Å²) in [5.74, 6) is 2.66. The maximum Gasteiger partial charge on any atom is 0.312 e. The van der Waals surface area contributed by atoms with Crippen molar-refractivity contribution in [2.24, 2.45) is 23.2 Å². The monoisotopic (exact) mass is 303 g/mol. The zero-order valence-corrected chi connectivity index (χ0v) is 13.8. The van der Waals surface area contributed by atoms with E-state index >= 15 is 0 Å². The SMILES string of the molecule is CN1C2CCC1[C@H](OC(=O)C13CC4CC(CC(C4)C1)C3)CC2. The zero-order chi connectivity index (χ0) is 14.9. The fourth-order valence-corrected chi connectivity index (χ4v) is 7.15. The molecule has 4 saturated carbocycles. The Kier molecular flexibility index (Phi) is 2.97. The molecule has 0 spiro atoms. The van der Waals surface area contributed by atoms with Gasteiger partial charge in [0.2, 0.25) is 0 Å². The highest BCUT2D eigenvalue weighted by molar-refractivity contribution is 5.77. The van der Waals surface area contributed by atoms with Crippen LogP contribution >= 0.6 is 0 Å². The van der Waals surface area contributed by atoms with E-state index in [1.54, 1.807) is 0 Å². The molecule has 6 aliphatic rings. The van der Waals surface area contributed by atoms with Gasteiger partial charge in [0.05, 0.1) is 5.41 Å². The van der Waals surface area contributed by atoms with E-state index in [0.29, 0.717) is 6.04 Å². The Morgan fingerprint density at radius 1 is 0.955 bits per heavy atom. The Morgan fingerprint density at radius 2 is 1.55 bits per heavy atom. The second-order valence-corrected chi connectivity index (χ2v) is 9.18. The lowest BCUT2D eigenvalue weighted by molar-refractivity contribution is -0.181. The van der Waals surface area contributed by atoms with Crippen LogP contribution in [-0.2, 0) is 9.53 Å². The van der Waals surface area contributed by atoms with Crippen molar-refractivity contribution in [3.8, 4) is 0 Å². The molecule has 6 fully saturated rings. The average Bonchev–Trinajstić information content (AvgIpc) is 2.70. The quantitative estimate of drug-likeness (QED) is 0.733. The number of carbonyl (C=O) groups is 1. The minimum atomic E-state index is -0.0806. The predicted molar refractivity (Wildman–Crippen MR) is 84.3 cm³/mol. The first kappa shape index (κ1) is 13.8. The van der Waals surface area contributed by atoms with Gasteiger partial charge in [-0.05, 0) is 89.0 Å². The molecule has 2 heterocycles. The molecule has 6 rings (SSSR count). The first-order chi connectivity index (χ1) is 10.6. The van der Waals surface area contributed by atoms with Gasteiger partial charge in [0.1, 0.15) is 6.10 Å². The summed E-state index contributed by atoms with van der Waals surface area (Å²) in [5.41, 5.74) is -0.0806. The standard InChI is InChI=1S/C19H29NO2/c1-20-15-2-4-16(20)17(5-3-15)22-18(21)19-9-12-6-13(10-19)8-14(7-12)11-19/h12-17H,2-11H2,1H3/t12?,13?,14?,15?,16?,17-,19?/m1/s1. The summed E-state index contributed by atoms with van der Waals surface area (Å²) in [5, 5.41) is 0. The van der Waals surface area contributed by atoms with Crippen LogP contribution in [0.3, 0.4) is 0 Å². The summed E-state index contributed by atoms with van der Waals surface area (Å²) in [6.45, 7) is 0. The second kappa shape index (κ2) is 4.72. The molecule has 0 aromatic heterocycles. The molecule has 2 aliphatic heterocycles. The van der Waals surface area contributed by atoms with Gasteiger partial charge in [0.25, 0.3) is 0 Å². The Labute approximate surface area is 133 Å². The summed E-state index contributed by atoms with van der Waals surface area (Å²) in [6, 6.07) is 1.25. The Hall–Kier alpha value is -0.570. The number of hydrogen-bond acceptors (Lipinski definition) is 3. The van der Waals surface area contributed by atoms with Crippen molar-refractivity contribution >= 4 is 5.97 Å². The lowest BCUT2D eigenvalue weighted by Gasteiger charge is -2.55. The van der Waals surface area contributed by atoms with E-state index in [9.17, 15) is 4.79 Å². The third-order valence-electron chi connectivity index (χ3n) is 7.84. The van der Waals surface area contributed by atoms with Crippen molar-refractivity contribution < 1.29 is 9.53 Å². The molecule has 2 saturated heterocycles. The maximum atomic E-state index is 13.1. The second-order valence-electron chi connectivity index (χ2n) is 9.18. The van der Waals surface area contributed by atoms with Gasteiger partial charge in [0.15, 0.2) is 0 Å². The predicted octanol–water partition coefficient (Wildman–Crippen LogP) is 3.37. The molecule has 2 unspecified atom stereocenters. The van der Waals surface area contributed by atoms with E-state index in [1.165, 1.54) is 38.5 Å². The van der Waals surface area contributed by atoms with E-state index in [2.05, 4.69) is 11.9 Å². The van der Waals surface area contributed by atoms with Gasteiger partial charge in [-0.25, -0.2) is 0 Å². The molecule has 22 heavy (non-hydrogen) atoms. The lowest BCUT2D eigenvalue weighted by atomic mass is 9.49. The molecule has 4 aliphatic carbocycles. The minimum Gasteiger partial charge on any atom is -0.460 e. The van der Waals surface area contributed by atoms with Crippen LogP contribution in [0.15, 0.2) is 0 Å².